The molecule has 1 rings (SSSR count). The highest BCUT2D eigenvalue weighted by Gasteiger charge is 2.22. The number of carbonyl (C=O) groups is 1. The number of nitrogens with two attached hydrogens (primary N) is 1. The first-order valence-electron chi connectivity index (χ1n) is 3.65. The van der Waals surface area contributed by atoms with Crippen LogP contribution in [0.3, 0.4) is 0 Å². The van der Waals surface area contributed by atoms with Crippen LogP contribution in [0.25, 0.3) is 0 Å². The van der Waals surface area contributed by atoms with Crippen molar-refractivity contribution in [2.45, 2.75) is 4.90 Å². The van der Waals surface area contributed by atoms with E-state index in [1.165, 1.54) is 18.2 Å². The van der Waals surface area contributed by atoms with Crippen molar-refractivity contribution in [1.29, 1.82) is 0 Å². The molecular weight excluding hydrogens is 244 g/mol. The molecule has 4 N–H and O–H groups in total. The van der Waals surface area contributed by atoms with E-state index in [-0.39, 0.29) is 11.3 Å². The lowest BCUT2D eigenvalue weighted by Crippen LogP contribution is -2.16. The first kappa shape index (κ1) is 11.8. The molecule has 1 aromatic rings. The van der Waals surface area contributed by atoms with Gasteiger partial charge in [-0.25, -0.2) is 0 Å². The fraction of sp³-hybridized carbons (Fsp3) is 0. The maximum Gasteiger partial charge on any atom is 0.297 e. The average molecular weight is 251 g/mol. The number of rotatable bonds is 3. The Bertz CT molecular complexity index is 500. The van der Waals surface area contributed by atoms with E-state index < -0.39 is 20.9 Å². The lowest BCUT2D eigenvalue weighted by Gasteiger charge is -2.08. The molecule has 1 amide bonds. The Balaban J connectivity index is 3.63. The molecule has 0 unspecified atom stereocenters. The molecule has 6 nitrogen and oxygen atoms in total. The Morgan fingerprint density at radius 3 is 2.47 bits per heavy atom. The SMILES string of the molecule is NC(=O)c1cccc(NCl)c1S(=O)(=O)O. The number of nitrogens with one attached hydrogen (secondary N) is 1. The summed E-state index contributed by atoms with van der Waals surface area (Å²) in [4.78, 5) is 12.3. The lowest BCUT2D eigenvalue weighted by atomic mass is 10.2. The first-order chi connectivity index (χ1) is 6.88. The normalized spacial score (nSPS) is 11.1. The van der Waals surface area contributed by atoms with Crippen LogP contribution in [0.1, 0.15) is 10.4 Å². The summed E-state index contributed by atoms with van der Waals surface area (Å²) in [5.41, 5.74) is 4.50. The van der Waals surface area contributed by atoms with Gasteiger partial charge in [-0.05, 0) is 12.1 Å². The third-order valence-electron chi connectivity index (χ3n) is 1.64. The number of carbonyl (C=O) groups excluding carboxylic acids is 1. The summed E-state index contributed by atoms with van der Waals surface area (Å²) in [7, 11) is -4.57. The van der Waals surface area contributed by atoms with Gasteiger partial charge in [0.05, 0.1) is 11.3 Å². The molecule has 0 saturated heterocycles. The molecule has 0 aromatic heterocycles. The summed E-state index contributed by atoms with van der Waals surface area (Å²) < 4.78 is 30.9. The number of benzene rings is 1. The molecule has 0 aliphatic rings. The third kappa shape index (κ3) is 2.38. The fourth-order valence-corrected chi connectivity index (χ4v) is 2.14. The van der Waals surface area contributed by atoms with Crippen LogP contribution < -0.4 is 10.6 Å². The number of halogens is 1. The zero-order chi connectivity index (χ0) is 11.6. The van der Waals surface area contributed by atoms with Crippen LogP contribution in [0.4, 0.5) is 5.69 Å². The van der Waals surface area contributed by atoms with Gasteiger partial charge < -0.3 is 5.73 Å². The molecule has 0 aliphatic carbocycles. The van der Waals surface area contributed by atoms with E-state index >= 15 is 0 Å². The predicted octanol–water partition coefficient (Wildman–Crippen LogP) is 0.598. The van der Waals surface area contributed by atoms with Crippen LogP contribution in [0, 0.1) is 0 Å². The average Bonchev–Trinajstić information content (AvgIpc) is 2.15. The van der Waals surface area contributed by atoms with Gasteiger partial charge >= 0.3 is 0 Å². The van der Waals surface area contributed by atoms with E-state index in [4.69, 9.17) is 22.1 Å². The van der Waals surface area contributed by atoms with Gasteiger partial charge in [0.25, 0.3) is 10.1 Å². The molecule has 0 fully saturated rings. The van der Waals surface area contributed by atoms with Crippen LogP contribution in [0.15, 0.2) is 23.1 Å². The fourth-order valence-electron chi connectivity index (χ4n) is 1.08. The number of amides is 1. The maximum absolute atomic E-state index is 11.0. The molecule has 15 heavy (non-hydrogen) atoms. The summed E-state index contributed by atoms with van der Waals surface area (Å²) in [6.45, 7) is 0. The van der Waals surface area contributed by atoms with Crippen molar-refractivity contribution in [2.75, 3.05) is 4.84 Å². The summed E-state index contributed by atoms with van der Waals surface area (Å²) in [6.07, 6.45) is 0. The second kappa shape index (κ2) is 4.05. The van der Waals surface area contributed by atoms with Gasteiger partial charge in [-0.15, -0.1) is 0 Å². The van der Waals surface area contributed by atoms with Crippen molar-refractivity contribution >= 4 is 33.5 Å². The Hall–Kier alpha value is -1.31. The monoisotopic (exact) mass is 250 g/mol. The van der Waals surface area contributed by atoms with Crippen LogP contribution in [-0.2, 0) is 10.1 Å². The molecule has 0 heterocycles. The zero-order valence-corrected chi connectivity index (χ0v) is 8.84. The molecule has 0 bridgehead atoms. The topological polar surface area (TPSA) is 109 Å². The van der Waals surface area contributed by atoms with Crippen LogP contribution >= 0.6 is 11.8 Å². The highest BCUT2D eigenvalue weighted by atomic mass is 35.5. The Morgan fingerprint density at radius 1 is 1.47 bits per heavy atom. The Labute approximate surface area is 90.9 Å². The lowest BCUT2D eigenvalue weighted by molar-refractivity contribution is 0.0997. The first-order valence-corrected chi connectivity index (χ1v) is 5.46. The number of primary amides is 1. The molecule has 1 aromatic carbocycles. The minimum Gasteiger partial charge on any atom is -0.366 e. The van der Waals surface area contributed by atoms with E-state index in [0.29, 0.717) is 0 Å². The van der Waals surface area contributed by atoms with Crippen molar-refractivity contribution < 1.29 is 17.8 Å². The van der Waals surface area contributed by atoms with Crippen LogP contribution in [0.2, 0.25) is 0 Å². The summed E-state index contributed by atoms with van der Waals surface area (Å²) in [5.74, 6) is -0.976. The van der Waals surface area contributed by atoms with Crippen molar-refractivity contribution in [3.8, 4) is 0 Å². The van der Waals surface area contributed by atoms with Gasteiger partial charge in [0.2, 0.25) is 5.91 Å². The molecule has 0 atom stereocenters. The van der Waals surface area contributed by atoms with Gasteiger partial charge in [-0.1, -0.05) is 6.07 Å². The summed E-state index contributed by atoms with van der Waals surface area (Å²) in [6, 6.07) is 3.82. The smallest absolute Gasteiger partial charge is 0.297 e. The van der Waals surface area contributed by atoms with E-state index in [0.717, 1.165) is 0 Å². The zero-order valence-electron chi connectivity index (χ0n) is 7.27. The minimum absolute atomic E-state index is 0.115. The quantitative estimate of drug-likeness (QED) is 0.537. The highest BCUT2D eigenvalue weighted by Crippen LogP contribution is 2.25. The van der Waals surface area contributed by atoms with Crippen molar-refractivity contribution in [3.05, 3.63) is 23.8 Å². The Kier molecular flexibility index (Phi) is 3.18. The summed E-state index contributed by atoms with van der Waals surface area (Å²) in [5, 5.41) is 0. The Morgan fingerprint density at radius 2 is 2.07 bits per heavy atom. The van der Waals surface area contributed by atoms with E-state index in [1.807, 2.05) is 4.84 Å². The second-order valence-electron chi connectivity index (χ2n) is 2.62. The number of anilines is 1. The van der Waals surface area contributed by atoms with Gasteiger partial charge in [-0.2, -0.15) is 8.42 Å². The van der Waals surface area contributed by atoms with E-state index in [9.17, 15) is 13.2 Å². The van der Waals surface area contributed by atoms with E-state index in [2.05, 4.69) is 0 Å². The number of hydrogen-bond acceptors (Lipinski definition) is 4. The van der Waals surface area contributed by atoms with Gasteiger partial charge in [0.1, 0.15) is 4.90 Å². The minimum atomic E-state index is -4.57. The molecule has 0 saturated carbocycles. The van der Waals surface area contributed by atoms with Gasteiger partial charge in [0.15, 0.2) is 0 Å². The van der Waals surface area contributed by atoms with Crippen molar-refractivity contribution in [2.24, 2.45) is 5.73 Å². The molecule has 0 radical (unpaired) electrons. The van der Waals surface area contributed by atoms with Crippen LogP contribution in [-0.4, -0.2) is 18.9 Å². The van der Waals surface area contributed by atoms with Crippen molar-refractivity contribution in [3.63, 3.8) is 0 Å². The highest BCUT2D eigenvalue weighted by molar-refractivity contribution is 7.86. The van der Waals surface area contributed by atoms with Crippen molar-refractivity contribution in [1.82, 2.24) is 0 Å². The molecule has 0 spiro atoms. The predicted molar refractivity (Wildman–Crippen MR) is 54.3 cm³/mol. The molecule has 0 aliphatic heterocycles. The van der Waals surface area contributed by atoms with Crippen LogP contribution in [0.5, 0.6) is 0 Å². The molecular formula is C7H7ClN2O4S. The molecule has 82 valence electrons. The maximum atomic E-state index is 11.0. The largest absolute Gasteiger partial charge is 0.366 e. The molecule has 8 heteroatoms. The standard InChI is InChI=1S/C7H7ClN2O4S/c8-10-5-3-1-2-4(7(9)11)6(5)15(12,13)14/h1-3,10H,(H2,9,11)(H,12,13,14). The number of hydrogen-bond donors (Lipinski definition) is 3. The van der Waals surface area contributed by atoms with Gasteiger partial charge in [-0.3, -0.25) is 14.2 Å². The summed E-state index contributed by atoms with van der Waals surface area (Å²) >= 11 is 5.24. The third-order valence-corrected chi connectivity index (χ3v) is 2.80. The van der Waals surface area contributed by atoms with Gasteiger partial charge in [0, 0.05) is 11.8 Å². The van der Waals surface area contributed by atoms with E-state index in [1.54, 1.807) is 0 Å². The second-order valence-corrected chi connectivity index (χ2v) is 4.16.